The number of non-ortho nitro benzene ring substituents is 1. The van der Waals surface area contributed by atoms with Gasteiger partial charge in [-0.1, -0.05) is 118 Å². The number of nitro benzene ring substituents is 1. The number of nitro groups is 1. The number of halogens is 3. The van der Waals surface area contributed by atoms with Crippen molar-refractivity contribution < 1.29 is 9.72 Å². The molecule has 1 aromatic rings. The van der Waals surface area contributed by atoms with Crippen molar-refractivity contribution in [2.75, 3.05) is 5.32 Å². The van der Waals surface area contributed by atoms with Crippen molar-refractivity contribution in [1.82, 2.24) is 10.6 Å². The van der Waals surface area contributed by atoms with E-state index in [0.717, 1.165) is 19.3 Å². The van der Waals surface area contributed by atoms with Gasteiger partial charge in [-0.3, -0.25) is 14.9 Å². The van der Waals surface area contributed by atoms with E-state index in [1.165, 1.54) is 76.0 Å². The molecule has 35 heavy (non-hydrogen) atoms. The second-order valence-electron chi connectivity index (χ2n) is 8.59. The van der Waals surface area contributed by atoms with E-state index in [0.29, 0.717) is 12.1 Å². The number of hydrogen-bond acceptors (Lipinski definition) is 4. The molecule has 7 nitrogen and oxygen atoms in total. The first-order valence-corrected chi connectivity index (χ1v) is 13.9. The van der Waals surface area contributed by atoms with Gasteiger partial charge in [-0.25, -0.2) is 0 Å². The van der Waals surface area contributed by atoms with Gasteiger partial charge in [0, 0.05) is 24.2 Å². The average Bonchev–Trinajstić information content (AvgIpc) is 2.79. The van der Waals surface area contributed by atoms with Crippen LogP contribution in [0.25, 0.3) is 0 Å². The third-order valence-electron chi connectivity index (χ3n) is 5.48. The lowest BCUT2D eigenvalue weighted by Gasteiger charge is -2.27. The fourth-order valence-corrected chi connectivity index (χ4v) is 4.12. The summed E-state index contributed by atoms with van der Waals surface area (Å²) in [7, 11) is 0. The minimum Gasteiger partial charge on any atom is -0.339 e. The molecule has 0 saturated heterocycles. The summed E-state index contributed by atoms with van der Waals surface area (Å²) in [6, 6.07) is 5.82. The topological polar surface area (TPSA) is 96.3 Å². The summed E-state index contributed by atoms with van der Waals surface area (Å²) in [5.74, 6) is -0.251. The van der Waals surface area contributed by atoms with Gasteiger partial charge < -0.3 is 16.0 Å². The summed E-state index contributed by atoms with van der Waals surface area (Å²) >= 11 is 23.3. The molecule has 0 radical (unpaired) electrons. The quantitative estimate of drug-likeness (QED) is 0.0444. The molecule has 0 aliphatic heterocycles. The number of benzene rings is 1. The van der Waals surface area contributed by atoms with Gasteiger partial charge in [0.2, 0.25) is 9.70 Å². The zero-order valence-corrected chi connectivity index (χ0v) is 23.4. The molecule has 1 atom stereocenters. The fourth-order valence-electron chi connectivity index (χ4n) is 3.55. The van der Waals surface area contributed by atoms with Crippen molar-refractivity contribution in [1.29, 1.82) is 0 Å². The van der Waals surface area contributed by atoms with Crippen molar-refractivity contribution in [2.24, 2.45) is 0 Å². The SMILES string of the molecule is CCCCCCCCCCCCCCC(=O)N[C@@H](NC(=S)Nc1cccc([N+](=O)[O-])c1)C(Cl)(Cl)Cl. The molecular formula is C24H37Cl3N4O3S. The lowest BCUT2D eigenvalue weighted by molar-refractivity contribution is -0.384. The van der Waals surface area contributed by atoms with Crippen LogP contribution in [0, 0.1) is 10.1 Å². The van der Waals surface area contributed by atoms with Crippen molar-refractivity contribution in [3.05, 3.63) is 34.4 Å². The van der Waals surface area contributed by atoms with Crippen molar-refractivity contribution in [3.63, 3.8) is 0 Å². The largest absolute Gasteiger partial charge is 0.339 e. The van der Waals surface area contributed by atoms with Crippen molar-refractivity contribution in [3.8, 4) is 0 Å². The van der Waals surface area contributed by atoms with Crippen LogP contribution in [-0.2, 0) is 4.79 Å². The number of nitrogens with one attached hydrogen (secondary N) is 3. The van der Waals surface area contributed by atoms with Gasteiger partial charge in [0.25, 0.3) is 5.69 Å². The minimum absolute atomic E-state index is 0.0486. The maximum atomic E-state index is 12.4. The molecule has 0 aliphatic carbocycles. The maximum absolute atomic E-state index is 12.4. The van der Waals surface area contributed by atoms with Gasteiger partial charge in [-0.15, -0.1) is 0 Å². The molecule has 0 heterocycles. The number of nitrogens with zero attached hydrogens (tertiary/aromatic N) is 1. The van der Waals surface area contributed by atoms with Crippen LogP contribution in [0.1, 0.15) is 90.4 Å². The second-order valence-corrected chi connectivity index (χ2v) is 11.4. The monoisotopic (exact) mass is 566 g/mol. The second kappa shape index (κ2) is 18.0. The van der Waals surface area contributed by atoms with Gasteiger partial charge in [0.15, 0.2) is 5.11 Å². The van der Waals surface area contributed by atoms with Gasteiger partial charge in [0.05, 0.1) is 4.92 Å². The van der Waals surface area contributed by atoms with Gasteiger partial charge in [-0.05, 0) is 24.7 Å². The molecule has 0 unspecified atom stereocenters. The van der Waals surface area contributed by atoms with Crippen LogP contribution in [0.4, 0.5) is 11.4 Å². The highest BCUT2D eigenvalue weighted by Gasteiger charge is 2.34. The molecule has 0 fully saturated rings. The summed E-state index contributed by atoms with van der Waals surface area (Å²) in [6.07, 6.45) is 13.8. The molecule has 1 amide bonds. The van der Waals surface area contributed by atoms with E-state index in [1.54, 1.807) is 6.07 Å². The smallest absolute Gasteiger partial charge is 0.271 e. The molecule has 0 aromatic heterocycles. The number of anilines is 1. The van der Waals surface area contributed by atoms with E-state index in [9.17, 15) is 14.9 Å². The van der Waals surface area contributed by atoms with Crippen LogP contribution in [0.5, 0.6) is 0 Å². The third kappa shape index (κ3) is 15.4. The van der Waals surface area contributed by atoms with Gasteiger partial charge in [-0.2, -0.15) is 0 Å². The van der Waals surface area contributed by atoms with Crippen LogP contribution in [-0.4, -0.2) is 25.9 Å². The summed E-state index contributed by atoms with van der Waals surface area (Å²) in [6.45, 7) is 2.23. The molecule has 0 aliphatic rings. The summed E-state index contributed by atoms with van der Waals surface area (Å²) in [5, 5.41) is 19.2. The molecule has 3 N–H and O–H groups in total. The Morgan fingerprint density at radius 2 is 1.51 bits per heavy atom. The molecule has 0 spiro atoms. The number of alkyl halides is 3. The Balaban J connectivity index is 2.29. The van der Waals surface area contributed by atoms with E-state index >= 15 is 0 Å². The molecule has 1 aromatic carbocycles. The number of amides is 1. The van der Waals surface area contributed by atoms with Gasteiger partial charge >= 0.3 is 0 Å². The molecular weight excluding hydrogens is 531 g/mol. The molecule has 11 heteroatoms. The number of unbranched alkanes of at least 4 members (excludes halogenated alkanes) is 11. The number of thiocarbonyl (C=S) groups is 1. The van der Waals surface area contributed by atoms with Crippen molar-refractivity contribution in [2.45, 2.75) is 100 Å². The van der Waals surface area contributed by atoms with Crippen LogP contribution in [0.15, 0.2) is 24.3 Å². The first kappa shape index (κ1) is 31.7. The van der Waals surface area contributed by atoms with Crippen LogP contribution >= 0.6 is 47.0 Å². The Labute approximate surface area is 229 Å². The fraction of sp³-hybridized carbons (Fsp3) is 0.667. The Kier molecular flexibility index (Phi) is 16.3. The predicted octanol–water partition coefficient (Wildman–Crippen LogP) is 7.78. The Morgan fingerprint density at radius 3 is 2.03 bits per heavy atom. The minimum atomic E-state index is -1.86. The number of carbonyl (C=O) groups excluding carboxylic acids is 1. The number of carbonyl (C=O) groups is 1. The zero-order valence-electron chi connectivity index (χ0n) is 20.3. The van der Waals surface area contributed by atoms with Crippen molar-refractivity contribution >= 4 is 69.4 Å². The highest BCUT2D eigenvalue weighted by atomic mass is 35.6. The molecule has 1 rings (SSSR count). The Hall–Kier alpha value is -1.35. The van der Waals surface area contributed by atoms with E-state index in [2.05, 4.69) is 22.9 Å². The van der Waals surface area contributed by atoms with Crippen LogP contribution < -0.4 is 16.0 Å². The number of hydrogen-bond donors (Lipinski definition) is 3. The third-order valence-corrected chi connectivity index (χ3v) is 6.35. The molecule has 0 saturated carbocycles. The Morgan fingerprint density at radius 1 is 0.971 bits per heavy atom. The summed E-state index contributed by atoms with van der Waals surface area (Å²) in [4.78, 5) is 22.8. The van der Waals surface area contributed by atoms with Crippen LogP contribution in [0.2, 0.25) is 0 Å². The van der Waals surface area contributed by atoms with E-state index in [4.69, 9.17) is 47.0 Å². The highest BCUT2D eigenvalue weighted by molar-refractivity contribution is 7.80. The van der Waals surface area contributed by atoms with E-state index in [1.807, 2.05) is 0 Å². The summed E-state index contributed by atoms with van der Waals surface area (Å²) < 4.78 is -1.86. The lowest BCUT2D eigenvalue weighted by Crippen LogP contribution is -2.56. The summed E-state index contributed by atoms with van der Waals surface area (Å²) in [5.41, 5.74) is 0.300. The molecule has 0 bridgehead atoms. The lowest BCUT2D eigenvalue weighted by atomic mass is 10.0. The normalized spacial score (nSPS) is 12.1. The standard InChI is InChI=1S/C24H37Cl3N4O3S/c1-2-3-4-5-6-7-8-9-10-11-12-13-17-21(32)29-22(24(25,26)27)30-23(35)28-19-15-14-16-20(18-19)31(33)34/h14-16,18,22H,2-13,17H2,1H3,(H,29,32)(H2,28,30,35)/t22-/m0/s1. The predicted molar refractivity (Wildman–Crippen MR) is 150 cm³/mol. The van der Waals surface area contributed by atoms with E-state index < -0.39 is 14.9 Å². The highest BCUT2D eigenvalue weighted by Crippen LogP contribution is 2.29. The number of rotatable bonds is 17. The van der Waals surface area contributed by atoms with Crippen LogP contribution in [0.3, 0.4) is 0 Å². The maximum Gasteiger partial charge on any atom is 0.271 e. The first-order chi connectivity index (χ1) is 16.6. The van der Waals surface area contributed by atoms with Gasteiger partial charge in [0.1, 0.15) is 6.17 Å². The first-order valence-electron chi connectivity index (χ1n) is 12.3. The molecule has 198 valence electrons. The van der Waals surface area contributed by atoms with E-state index in [-0.39, 0.29) is 16.7 Å². The Bertz CT molecular complexity index is 794. The average molecular weight is 568 g/mol. The zero-order chi connectivity index (χ0) is 26.1.